The number of aryl methyl sites for hydroxylation is 2. The number of anilines is 1. The lowest BCUT2D eigenvalue weighted by atomic mass is 10.3. The number of carbonyl (C=O) groups excluding carboxylic acids is 1. The van der Waals surface area contributed by atoms with Crippen LogP contribution in [-0.4, -0.2) is 47.0 Å². The lowest BCUT2D eigenvalue weighted by Gasteiger charge is -2.31. The molecule has 0 aromatic carbocycles. The fourth-order valence-electron chi connectivity index (χ4n) is 2.28. The summed E-state index contributed by atoms with van der Waals surface area (Å²) in [5, 5.41) is 6.46. The highest BCUT2D eigenvalue weighted by molar-refractivity contribution is 7.15. The van der Waals surface area contributed by atoms with Crippen molar-refractivity contribution in [3.8, 4) is 0 Å². The van der Waals surface area contributed by atoms with Gasteiger partial charge in [0.2, 0.25) is 5.91 Å². The van der Waals surface area contributed by atoms with Crippen LogP contribution in [0.4, 0.5) is 5.13 Å². The molecular weight excluding hydrogens is 320 g/mol. The van der Waals surface area contributed by atoms with Crippen LogP contribution in [0.25, 0.3) is 0 Å². The molecule has 1 aliphatic rings. The molecule has 0 aliphatic carbocycles. The molecule has 0 spiro atoms. The van der Waals surface area contributed by atoms with Gasteiger partial charge in [-0.3, -0.25) is 9.69 Å². The van der Waals surface area contributed by atoms with E-state index >= 15 is 0 Å². The molecule has 1 saturated heterocycles. The van der Waals surface area contributed by atoms with Crippen molar-refractivity contribution >= 4 is 33.7 Å². The van der Waals surface area contributed by atoms with Gasteiger partial charge in [-0.15, -0.1) is 22.7 Å². The van der Waals surface area contributed by atoms with Crippen LogP contribution in [0.5, 0.6) is 0 Å². The average molecular weight is 338 g/mol. The molecule has 1 atom stereocenters. The third-order valence-electron chi connectivity index (χ3n) is 3.52. The second-order valence-corrected chi connectivity index (χ2v) is 7.30. The first-order valence-corrected chi connectivity index (χ1v) is 8.78. The Morgan fingerprint density at radius 2 is 2.41 bits per heavy atom. The largest absolute Gasteiger partial charge is 0.368 e. The number of thiazole rings is 2. The van der Waals surface area contributed by atoms with Crippen LogP contribution >= 0.6 is 22.7 Å². The summed E-state index contributed by atoms with van der Waals surface area (Å²) in [5.41, 5.74) is 0.968. The summed E-state index contributed by atoms with van der Waals surface area (Å²) < 4.78 is 5.74. The van der Waals surface area contributed by atoms with Crippen LogP contribution in [-0.2, 0) is 9.53 Å². The van der Waals surface area contributed by atoms with Crippen molar-refractivity contribution in [3.05, 3.63) is 27.2 Å². The Morgan fingerprint density at radius 3 is 3.09 bits per heavy atom. The molecule has 0 bridgehead atoms. The SMILES string of the molecule is Cc1nc(NC(=O)CN2CCO[C@@H](c3nccs3)C2)sc1C. The number of amides is 1. The van der Waals surface area contributed by atoms with Crippen LogP contribution in [0.2, 0.25) is 0 Å². The molecule has 2 aromatic heterocycles. The van der Waals surface area contributed by atoms with Gasteiger partial charge < -0.3 is 10.1 Å². The molecule has 6 nitrogen and oxygen atoms in total. The maximum Gasteiger partial charge on any atom is 0.240 e. The molecule has 0 radical (unpaired) electrons. The maximum absolute atomic E-state index is 12.2. The van der Waals surface area contributed by atoms with Crippen molar-refractivity contribution in [3.63, 3.8) is 0 Å². The molecule has 3 rings (SSSR count). The zero-order valence-corrected chi connectivity index (χ0v) is 14.2. The highest BCUT2D eigenvalue weighted by atomic mass is 32.1. The third kappa shape index (κ3) is 3.70. The molecule has 1 aliphatic heterocycles. The minimum absolute atomic E-state index is 0.0338. The van der Waals surface area contributed by atoms with Crippen molar-refractivity contribution in [1.29, 1.82) is 0 Å². The lowest BCUT2D eigenvalue weighted by molar-refractivity contribution is -0.119. The number of hydrogen-bond donors (Lipinski definition) is 1. The molecule has 8 heteroatoms. The number of morpholine rings is 1. The Morgan fingerprint density at radius 1 is 1.55 bits per heavy atom. The van der Waals surface area contributed by atoms with Crippen LogP contribution < -0.4 is 5.32 Å². The normalized spacial score (nSPS) is 19.3. The molecule has 3 heterocycles. The van der Waals surface area contributed by atoms with E-state index in [9.17, 15) is 4.79 Å². The van der Waals surface area contributed by atoms with E-state index in [1.807, 2.05) is 19.2 Å². The predicted octanol–water partition coefficient (Wildman–Crippen LogP) is 2.23. The number of ether oxygens (including phenoxy) is 1. The minimum Gasteiger partial charge on any atom is -0.368 e. The van der Waals surface area contributed by atoms with Crippen LogP contribution in [0.15, 0.2) is 11.6 Å². The molecular formula is C14H18N4O2S2. The van der Waals surface area contributed by atoms with Crippen LogP contribution in [0.3, 0.4) is 0 Å². The van der Waals surface area contributed by atoms with Gasteiger partial charge in [0.25, 0.3) is 0 Å². The van der Waals surface area contributed by atoms with Gasteiger partial charge in [0.05, 0.1) is 18.8 Å². The minimum atomic E-state index is -0.0362. The Hall–Kier alpha value is -1.35. The van der Waals surface area contributed by atoms with Gasteiger partial charge in [0.1, 0.15) is 11.1 Å². The average Bonchev–Trinajstić information content (AvgIpc) is 3.10. The molecule has 1 fully saturated rings. The predicted molar refractivity (Wildman–Crippen MR) is 87.5 cm³/mol. The van der Waals surface area contributed by atoms with Gasteiger partial charge in [-0.2, -0.15) is 0 Å². The Kier molecular flexibility index (Phi) is 4.82. The summed E-state index contributed by atoms with van der Waals surface area (Å²) in [6.07, 6.45) is 1.74. The van der Waals surface area contributed by atoms with Gasteiger partial charge in [0, 0.05) is 29.5 Å². The summed E-state index contributed by atoms with van der Waals surface area (Å²) in [6, 6.07) is 0. The highest BCUT2D eigenvalue weighted by Crippen LogP contribution is 2.24. The van der Waals surface area contributed by atoms with Gasteiger partial charge in [0.15, 0.2) is 5.13 Å². The second-order valence-electron chi connectivity index (χ2n) is 5.17. The summed E-state index contributed by atoms with van der Waals surface area (Å²) in [6.45, 7) is 6.36. The Bertz CT molecular complexity index is 622. The van der Waals surface area contributed by atoms with Gasteiger partial charge >= 0.3 is 0 Å². The third-order valence-corrected chi connectivity index (χ3v) is 5.38. The zero-order chi connectivity index (χ0) is 15.5. The number of nitrogens with one attached hydrogen (secondary N) is 1. The van der Waals surface area contributed by atoms with Crippen molar-refractivity contribution < 1.29 is 9.53 Å². The monoisotopic (exact) mass is 338 g/mol. The number of rotatable bonds is 4. The molecule has 1 amide bonds. The summed E-state index contributed by atoms with van der Waals surface area (Å²) in [5.74, 6) is -0.0338. The molecule has 1 N–H and O–H groups in total. The van der Waals surface area contributed by atoms with Crippen molar-refractivity contribution in [2.75, 3.05) is 31.6 Å². The maximum atomic E-state index is 12.2. The van der Waals surface area contributed by atoms with E-state index in [2.05, 4.69) is 20.2 Å². The Balaban J connectivity index is 1.54. The molecule has 0 saturated carbocycles. The molecule has 22 heavy (non-hydrogen) atoms. The van der Waals surface area contributed by atoms with Gasteiger partial charge in [-0.05, 0) is 13.8 Å². The standard InChI is InChI=1S/C14H18N4O2S2/c1-9-10(2)22-14(16-9)17-12(19)8-18-4-5-20-11(7-18)13-15-3-6-21-13/h3,6,11H,4-5,7-8H2,1-2H3,(H,16,17,19)/t11-/m1/s1. The lowest BCUT2D eigenvalue weighted by Crippen LogP contribution is -2.42. The van der Waals surface area contributed by atoms with Crippen LogP contribution in [0.1, 0.15) is 21.7 Å². The second kappa shape index (κ2) is 6.82. The first kappa shape index (κ1) is 15.5. The molecule has 118 valence electrons. The fourth-order valence-corrected chi connectivity index (χ4v) is 3.79. The summed E-state index contributed by atoms with van der Waals surface area (Å²) >= 11 is 3.09. The van der Waals surface area contributed by atoms with E-state index in [1.54, 1.807) is 17.5 Å². The highest BCUT2D eigenvalue weighted by Gasteiger charge is 2.25. The van der Waals surface area contributed by atoms with Gasteiger partial charge in [-0.25, -0.2) is 9.97 Å². The van der Waals surface area contributed by atoms with Crippen molar-refractivity contribution in [2.24, 2.45) is 0 Å². The van der Waals surface area contributed by atoms with Crippen molar-refractivity contribution in [2.45, 2.75) is 20.0 Å². The topological polar surface area (TPSA) is 67.4 Å². The Labute approximate surface area is 137 Å². The summed E-state index contributed by atoms with van der Waals surface area (Å²) in [7, 11) is 0. The van der Waals surface area contributed by atoms with Gasteiger partial charge in [-0.1, -0.05) is 0 Å². The van der Waals surface area contributed by atoms with E-state index in [0.717, 1.165) is 22.1 Å². The first-order chi connectivity index (χ1) is 10.6. The number of nitrogens with zero attached hydrogens (tertiary/aromatic N) is 3. The molecule has 0 unspecified atom stereocenters. The molecule has 2 aromatic rings. The van der Waals surface area contributed by atoms with Crippen molar-refractivity contribution in [1.82, 2.24) is 14.9 Å². The van der Waals surface area contributed by atoms with Crippen LogP contribution in [0, 0.1) is 13.8 Å². The number of hydrogen-bond acceptors (Lipinski definition) is 7. The van der Waals surface area contributed by atoms with E-state index in [-0.39, 0.29) is 12.0 Å². The summed E-state index contributed by atoms with van der Waals surface area (Å²) in [4.78, 5) is 24.0. The van der Waals surface area contributed by atoms with E-state index in [1.165, 1.54) is 11.3 Å². The van der Waals surface area contributed by atoms with E-state index in [4.69, 9.17) is 4.74 Å². The zero-order valence-electron chi connectivity index (χ0n) is 12.5. The smallest absolute Gasteiger partial charge is 0.240 e. The fraction of sp³-hybridized carbons (Fsp3) is 0.500. The number of carbonyl (C=O) groups is 1. The number of aromatic nitrogens is 2. The van der Waals surface area contributed by atoms with E-state index in [0.29, 0.717) is 24.8 Å². The quantitative estimate of drug-likeness (QED) is 0.926. The first-order valence-electron chi connectivity index (χ1n) is 7.09. The van der Waals surface area contributed by atoms with E-state index < -0.39 is 0 Å².